The van der Waals surface area contributed by atoms with Crippen LogP contribution in [0, 0.1) is 0 Å². The van der Waals surface area contributed by atoms with E-state index < -0.39 is 18.1 Å². The molecule has 0 aliphatic carbocycles. The van der Waals surface area contributed by atoms with Crippen molar-refractivity contribution < 1.29 is 38.2 Å². The molecule has 8 nitrogen and oxygen atoms in total. The average Bonchev–Trinajstić information content (AvgIpc) is 3.22. The van der Waals surface area contributed by atoms with Crippen LogP contribution in [0.5, 0.6) is 0 Å². The fourth-order valence-electron chi connectivity index (χ4n) is 7.64. The molecule has 0 radical (unpaired) electrons. The summed E-state index contributed by atoms with van der Waals surface area (Å²) >= 11 is 0. The summed E-state index contributed by atoms with van der Waals surface area (Å²) in [5.74, 6) is -1.46. The number of likely N-dealkylation sites (N-methyl/N-ethyl adjacent to an activating group) is 1. The van der Waals surface area contributed by atoms with E-state index in [9.17, 15) is 19.5 Å². The Morgan fingerprint density at radius 3 is 1.36 bits per heavy atom. The van der Waals surface area contributed by atoms with E-state index in [1.807, 2.05) is 21.1 Å². The normalized spacial score (nSPS) is 13.1. The van der Waals surface area contributed by atoms with Crippen molar-refractivity contribution in [3.05, 3.63) is 36.5 Å². The number of quaternary nitrogens is 1. The lowest BCUT2D eigenvalue weighted by Gasteiger charge is -2.31. The summed E-state index contributed by atoms with van der Waals surface area (Å²) in [6, 6.07) is -0.614. The lowest BCUT2D eigenvalue weighted by atomic mass is 10.0. The van der Waals surface area contributed by atoms with Crippen molar-refractivity contribution in [2.45, 2.75) is 244 Å². The van der Waals surface area contributed by atoms with Gasteiger partial charge in [0, 0.05) is 19.3 Å². The largest absolute Gasteiger partial charge is 0.477 e. The quantitative estimate of drug-likeness (QED) is 0.0282. The molecule has 0 bridgehead atoms. The number of allylic oxidation sites excluding steroid dienone is 6. The number of carboxylic acid groups (broad SMARTS) is 1. The highest BCUT2D eigenvalue weighted by Gasteiger charge is 2.31. The van der Waals surface area contributed by atoms with Crippen molar-refractivity contribution in [3.8, 4) is 0 Å². The first kappa shape index (κ1) is 58.6. The van der Waals surface area contributed by atoms with Crippen LogP contribution in [0.1, 0.15) is 232 Å². The van der Waals surface area contributed by atoms with Gasteiger partial charge in [0.05, 0.1) is 34.4 Å². The zero-order chi connectivity index (χ0) is 44.9. The third kappa shape index (κ3) is 42.6. The van der Waals surface area contributed by atoms with Gasteiger partial charge in [0.25, 0.3) is 0 Å². The van der Waals surface area contributed by atoms with Crippen LogP contribution in [0.15, 0.2) is 36.5 Å². The van der Waals surface area contributed by atoms with Gasteiger partial charge in [-0.1, -0.05) is 204 Å². The number of carbonyl (C=O) groups is 3. The van der Waals surface area contributed by atoms with Gasteiger partial charge in [-0.15, -0.1) is 0 Å². The zero-order valence-electron chi connectivity index (χ0n) is 40.6. The number of hydrogen-bond acceptors (Lipinski definition) is 6. The molecule has 0 aliphatic heterocycles. The molecule has 0 rings (SSSR count). The Labute approximate surface area is 376 Å². The predicted molar refractivity (Wildman–Crippen MR) is 257 cm³/mol. The van der Waals surface area contributed by atoms with Gasteiger partial charge in [-0.2, -0.15) is 0 Å². The second kappa shape index (κ2) is 44.2. The molecule has 8 heteroatoms. The van der Waals surface area contributed by atoms with Crippen LogP contribution < -0.4 is 0 Å². The summed E-state index contributed by atoms with van der Waals surface area (Å²) in [5.41, 5.74) is 0. The topological polar surface area (TPSA) is 99.1 Å². The molecular formula is C53H98NO7+. The summed E-state index contributed by atoms with van der Waals surface area (Å²) in [6.07, 6.45) is 51.9. The van der Waals surface area contributed by atoms with Crippen molar-refractivity contribution in [1.29, 1.82) is 0 Å². The standard InChI is InChI=1S/C53H97NO7/c1-6-8-10-12-14-16-18-20-22-24-26-28-30-32-34-36-38-40-42-44-52(56)61-49(47-59-46-45-50(53(57)58)54(3,4)5)48-60-51(55)43-41-39-37-35-33-31-29-27-25-23-21-19-17-15-13-11-9-7-2/h8,10,14,16,20,22,49-50H,6-7,9,11-13,15,17-19,21,23-48H2,1-5H3/p+1/b10-8+,16-14+,22-20+. The molecule has 0 amide bonds. The van der Waals surface area contributed by atoms with E-state index in [-0.39, 0.29) is 36.2 Å². The average molecular weight is 861 g/mol. The molecule has 0 aromatic heterocycles. The van der Waals surface area contributed by atoms with Crippen molar-refractivity contribution in [1.82, 2.24) is 0 Å². The molecule has 0 aromatic carbocycles. The number of aliphatic carboxylic acids is 1. The minimum atomic E-state index is -0.874. The SMILES string of the molecule is CC/C=C/C/C=C/C/C=C/CCCCCCCCCCCC(=O)OC(COCCC(C(=O)O)[N+](C)(C)C)COC(=O)CCCCCCCCCCCCCCCCCCCC. The Morgan fingerprint density at radius 2 is 0.918 bits per heavy atom. The van der Waals surface area contributed by atoms with Crippen LogP contribution >= 0.6 is 0 Å². The number of unbranched alkanes of at least 4 members (excludes halogenated alkanes) is 26. The molecule has 0 saturated carbocycles. The molecule has 0 aliphatic rings. The summed E-state index contributed by atoms with van der Waals surface area (Å²) in [5, 5.41) is 9.65. The number of hydrogen-bond donors (Lipinski definition) is 1. The first-order chi connectivity index (χ1) is 29.6. The van der Waals surface area contributed by atoms with Gasteiger partial charge >= 0.3 is 17.9 Å². The molecule has 1 N–H and O–H groups in total. The van der Waals surface area contributed by atoms with E-state index in [2.05, 4.69) is 50.3 Å². The predicted octanol–water partition coefficient (Wildman–Crippen LogP) is 14.6. The Hall–Kier alpha value is -2.45. The van der Waals surface area contributed by atoms with Crippen LogP contribution in [-0.2, 0) is 28.6 Å². The molecule has 0 fully saturated rings. The second-order valence-corrected chi connectivity index (χ2v) is 18.4. The molecular weight excluding hydrogens is 763 g/mol. The van der Waals surface area contributed by atoms with E-state index in [1.54, 1.807) is 0 Å². The highest BCUT2D eigenvalue weighted by atomic mass is 16.6. The number of esters is 2. The lowest BCUT2D eigenvalue weighted by Crippen LogP contribution is -2.50. The molecule has 0 saturated heterocycles. The Balaban J connectivity index is 4.23. The molecule has 0 heterocycles. The van der Waals surface area contributed by atoms with Crippen molar-refractivity contribution in [2.24, 2.45) is 0 Å². The van der Waals surface area contributed by atoms with Gasteiger partial charge < -0.3 is 23.8 Å². The number of ether oxygens (including phenoxy) is 3. The van der Waals surface area contributed by atoms with Crippen molar-refractivity contribution in [2.75, 3.05) is 41.0 Å². The minimum Gasteiger partial charge on any atom is -0.477 e. The van der Waals surface area contributed by atoms with E-state index in [1.165, 1.54) is 135 Å². The fourth-order valence-corrected chi connectivity index (χ4v) is 7.64. The van der Waals surface area contributed by atoms with E-state index in [0.29, 0.717) is 19.3 Å². The highest BCUT2D eigenvalue weighted by molar-refractivity contribution is 5.72. The van der Waals surface area contributed by atoms with Crippen LogP contribution in [0.4, 0.5) is 0 Å². The molecule has 356 valence electrons. The van der Waals surface area contributed by atoms with Gasteiger partial charge in [-0.05, 0) is 44.9 Å². The summed E-state index contributed by atoms with van der Waals surface area (Å²) in [7, 11) is 5.54. The van der Waals surface area contributed by atoms with Gasteiger partial charge in [0.1, 0.15) is 6.61 Å². The maximum atomic E-state index is 12.8. The molecule has 2 unspecified atom stereocenters. The number of carbonyl (C=O) groups excluding carboxylic acids is 2. The summed E-state index contributed by atoms with van der Waals surface area (Å²) < 4.78 is 17.4. The summed E-state index contributed by atoms with van der Waals surface area (Å²) in [6.45, 7) is 4.66. The van der Waals surface area contributed by atoms with Gasteiger partial charge in [0.15, 0.2) is 12.1 Å². The van der Waals surface area contributed by atoms with E-state index in [0.717, 1.165) is 64.2 Å². The van der Waals surface area contributed by atoms with Crippen molar-refractivity contribution in [3.63, 3.8) is 0 Å². The number of rotatable bonds is 46. The maximum absolute atomic E-state index is 12.8. The number of nitrogens with zero attached hydrogens (tertiary/aromatic N) is 1. The van der Waals surface area contributed by atoms with E-state index >= 15 is 0 Å². The fraction of sp³-hybridized carbons (Fsp3) is 0.830. The highest BCUT2D eigenvalue weighted by Crippen LogP contribution is 2.16. The lowest BCUT2D eigenvalue weighted by molar-refractivity contribution is -0.887. The molecule has 0 aromatic rings. The van der Waals surface area contributed by atoms with Crippen LogP contribution in [-0.4, -0.2) is 80.6 Å². The van der Waals surface area contributed by atoms with E-state index in [4.69, 9.17) is 14.2 Å². The Kier molecular flexibility index (Phi) is 42.4. The third-order valence-corrected chi connectivity index (χ3v) is 11.6. The third-order valence-electron chi connectivity index (χ3n) is 11.6. The molecule has 0 spiro atoms. The summed E-state index contributed by atoms with van der Waals surface area (Å²) in [4.78, 5) is 37.1. The first-order valence-electron chi connectivity index (χ1n) is 25.5. The zero-order valence-corrected chi connectivity index (χ0v) is 40.6. The van der Waals surface area contributed by atoms with Crippen molar-refractivity contribution >= 4 is 17.9 Å². The maximum Gasteiger partial charge on any atom is 0.362 e. The first-order valence-corrected chi connectivity index (χ1v) is 25.5. The number of carboxylic acids is 1. The monoisotopic (exact) mass is 861 g/mol. The molecule has 2 atom stereocenters. The van der Waals surface area contributed by atoms with Crippen LogP contribution in [0.25, 0.3) is 0 Å². The smallest absolute Gasteiger partial charge is 0.362 e. The van der Waals surface area contributed by atoms with Crippen LogP contribution in [0.3, 0.4) is 0 Å². The molecule has 61 heavy (non-hydrogen) atoms. The van der Waals surface area contributed by atoms with Gasteiger partial charge in [-0.25, -0.2) is 4.79 Å². The Morgan fingerprint density at radius 1 is 0.508 bits per heavy atom. The Bertz CT molecular complexity index is 1090. The van der Waals surface area contributed by atoms with Gasteiger partial charge in [-0.3, -0.25) is 9.59 Å². The van der Waals surface area contributed by atoms with Crippen LogP contribution in [0.2, 0.25) is 0 Å². The second-order valence-electron chi connectivity index (χ2n) is 18.4. The van der Waals surface area contributed by atoms with Gasteiger partial charge in [0.2, 0.25) is 0 Å². The minimum absolute atomic E-state index is 0.0495.